The van der Waals surface area contributed by atoms with Gasteiger partial charge in [0.2, 0.25) is 0 Å². The van der Waals surface area contributed by atoms with Crippen LogP contribution >= 0.6 is 0 Å². The van der Waals surface area contributed by atoms with E-state index in [2.05, 4.69) is 11.8 Å². The van der Waals surface area contributed by atoms with E-state index < -0.39 is 0 Å². The fourth-order valence-corrected chi connectivity index (χ4v) is 4.37. The molecule has 2 aliphatic rings. The van der Waals surface area contributed by atoms with Gasteiger partial charge >= 0.3 is 0 Å². The zero-order valence-corrected chi connectivity index (χ0v) is 13.0. The number of nitrogens with zero attached hydrogens (tertiary/aromatic N) is 1. The van der Waals surface area contributed by atoms with Crippen molar-refractivity contribution in [3.05, 3.63) is 0 Å². The predicted molar refractivity (Wildman–Crippen MR) is 83.3 cm³/mol. The van der Waals surface area contributed by atoms with Crippen molar-refractivity contribution in [2.75, 3.05) is 19.6 Å². The van der Waals surface area contributed by atoms with E-state index in [4.69, 9.17) is 5.73 Å². The zero-order chi connectivity index (χ0) is 13.6. The Kier molecular flexibility index (Phi) is 6.15. The van der Waals surface area contributed by atoms with Crippen LogP contribution in [-0.4, -0.2) is 30.1 Å². The maximum Gasteiger partial charge on any atom is 0.0331 e. The summed E-state index contributed by atoms with van der Waals surface area (Å²) in [5.41, 5.74) is 6.60. The summed E-state index contributed by atoms with van der Waals surface area (Å²) in [6.45, 7) is 5.82. The van der Waals surface area contributed by atoms with Crippen LogP contribution in [0.2, 0.25) is 0 Å². The minimum atomic E-state index is 0.359. The Morgan fingerprint density at radius 1 is 1.00 bits per heavy atom. The smallest absolute Gasteiger partial charge is 0.0331 e. The quantitative estimate of drug-likeness (QED) is 0.781. The van der Waals surface area contributed by atoms with Gasteiger partial charge in [0, 0.05) is 12.1 Å². The summed E-state index contributed by atoms with van der Waals surface area (Å²) in [6, 6.07) is 0. The molecule has 1 saturated carbocycles. The predicted octanol–water partition coefficient (Wildman–Crippen LogP) is 3.94. The molecular weight excluding hydrogens is 232 g/mol. The second-order valence-electron chi connectivity index (χ2n) is 6.92. The van der Waals surface area contributed by atoms with Gasteiger partial charge in [-0.2, -0.15) is 0 Å². The van der Waals surface area contributed by atoms with Gasteiger partial charge in [0.1, 0.15) is 0 Å². The average Bonchev–Trinajstić information content (AvgIpc) is 2.80. The Hall–Kier alpha value is -0.0800. The number of hydrogen-bond acceptors (Lipinski definition) is 2. The van der Waals surface area contributed by atoms with Crippen molar-refractivity contribution in [3.63, 3.8) is 0 Å². The van der Waals surface area contributed by atoms with E-state index in [9.17, 15) is 0 Å². The minimum Gasteiger partial charge on any atom is -0.329 e. The first-order valence-corrected chi connectivity index (χ1v) is 8.76. The van der Waals surface area contributed by atoms with E-state index in [1.54, 1.807) is 0 Å². The molecule has 1 saturated heterocycles. The summed E-state index contributed by atoms with van der Waals surface area (Å²) >= 11 is 0. The first-order valence-electron chi connectivity index (χ1n) is 8.76. The van der Waals surface area contributed by atoms with E-state index in [-0.39, 0.29) is 0 Å². The van der Waals surface area contributed by atoms with Crippen LogP contribution < -0.4 is 5.73 Å². The summed E-state index contributed by atoms with van der Waals surface area (Å²) in [6.07, 6.45) is 15.4. The van der Waals surface area contributed by atoms with Crippen LogP contribution in [0.25, 0.3) is 0 Å². The summed E-state index contributed by atoms with van der Waals surface area (Å²) in [4.78, 5) is 2.80. The highest BCUT2D eigenvalue weighted by Gasteiger charge is 2.36. The van der Waals surface area contributed by atoms with Crippen molar-refractivity contribution < 1.29 is 0 Å². The molecule has 1 atom stereocenters. The number of hydrogen-bond donors (Lipinski definition) is 1. The summed E-state index contributed by atoms with van der Waals surface area (Å²) in [5.74, 6) is 0.982. The highest BCUT2D eigenvalue weighted by atomic mass is 15.2. The van der Waals surface area contributed by atoms with Gasteiger partial charge in [-0.3, -0.25) is 4.90 Å². The fourth-order valence-electron chi connectivity index (χ4n) is 4.37. The van der Waals surface area contributed by atoms with Crippen LogP contribution in [0, 0.1) is 5.92 Å². The fraction of sp³-hybridized carbons (Fsp3) is 1.00. The molecule has 2 heteroatoms. The van der Waals surface area contributed by atoms with Crippen LogP contribution in [0.3, 0.4) is 0 Å². The zero-order valence-electron chi connectivity index (χ0n) is 13.0. The van der Waals surface area contributed by atoms with Crippen LogP contribution in [0.5, 0.6) is 0 Å². The molecule has 0 amide bonds. The van der Waals surface area contributed by atoms with Gasteiger partial charge < -0.3 is 5.73 Å². The van der Waals surface area contributed by atoms with Crippen LogP contribution in [0.15, 0.2) is 0 Å². The molecule has 1 aliphatic heterocycles. The molecule has 2 rings (SSSR count). The Labute approximate surface area is 120 Å². The SMILES string of the molecule is CCCC1CCCN(C2(CN)CCCCCC2)CC1. The molecule has 0 bridgehead atoms. The Balaban J connectivity index is 1.97. The molecule has 2 nitrogen and oxygen atoms in total. The van der Waals surface area contributed by atoms with Gasteiger partial charge in [-0.25, -0.2) is 0 Å². The highest BCUT2D eigenvalue weighted by molar-refractivity contribution is 4.94. The van der Waals surface area contributed by atoms with Crippen molar-refractivity contribution in [2.24, 2.45) is 11.7 Å². The third-order valence-electron chi connectivity index (χ3n) is 5.63. The number of nitrogens with two attached hydrogens (primary N) is 1. The average molecular weight is 266 g/mol. The normalized spacial score (nSPS) is 29.7. The lowest BCUT2D eigenvalue weighted by Gasteiger charge is -2.43. The molecule has 2 fully saturated rings. The standard InChI is InChI=1S/C17H34N2/c1-2-8-16-9-7-13-19(14-10-16)17(15-18)11-5-3-4-6-12-17/h16H,2-15,18H2,1H3. The Morgan fingerprint density at radius 2 is 1.74 bits per heavy atom. The van der Waals surface area contributed by atoms with Crippen LogP contribution in [0.4, 0.5) is 0 Å². The molecule has 1 aliphatic carbocycles. The Bertz CT molecular complexity index is 244. The molecule has 0 aromatic rings. The van der Waals surface area contributed by atoms with Crippen molar-refractivity contribution >= 4 is 0 Å². The second kappa shape index (κ2) is 7.64. The van der Waals surface area contributed by atoms with Crippen LogP contribution in [-0.2, 0) is 0 Å². The van der Waals surface area contributed by atoms with E-state index in [0.29, 0.717) is 5.54 Å². The monoisotopic (exact) mass is 266 g/mol. The summed E-state index contributed by atoms with van der Waals surface area (Å²) in [5, 5.41) is 0. The van der Waals surface area contributed by atoms with Gasteiger partial charge in [0.25, 0.3) is 0 Å². The molecule has 0 aromatic carbocycles. The first-order chi connectivity index (χ1) is 9.30. The third-order valence-corrected chi connectivity index (χ3v) is 5.63. The van der Waals surface area contributed by atoms with Gasteiger partial charge in [-0.15, -0.1) is 0 Å². The third kappa shape index (κ3) is 3.95. The van der Waals surface area contributed by atoms with E-state index in [1.165, 1.54) is 83.7 Å². The van der Waals surface area contributed by atoms with Crippen molar-refractivity contribution in [1.29, 1.82) is 0 Å². The number of likely N-dealkylation sites (tertiary alicyclic amines) is 1. The van der Waals surface area contributed by atoms with Crippen molar-refractivity contribution in [3.8, 4) is 0 Å². The van der Waals surface area contributed by atoms with Gasteiger partial charge in [-0.1, -0.05) is 45.4 Å². The molecule has 0 radical (unpaired) electrons. The van der Waals surface area contributed by atoms with E-state index in [1.807, 2.05) is 0 Å². The largest absolute Gasteiger partial charge is 0.329 e. The van der Waals surface area contributed by atoms with Crippen LogP contribution in [0.1, 0.15) is 77.6 Å². The molecule has 2 N–H and O–H groups in total. The van der Waals surface area contributed by atoms with E-state index in [0.717, 1.165) is 12.5 Å². The van der Waals surface area contributed by atoms with Gasteiger partial charge in [-0.05, 0) is 51.1 Å². The molecule has 19 heavy (non-hydrogen) atoms. The van der Waals surface area contributed by atoms with Gasteiger partial charge in [0.15, 0.2) is 0 Å². The van der Waals surface area contributed by atoms with Crippen molar-refractivity contribution in [2.45, 2.75) is 83.1 Å². The van der Waals surface area contributed by atoms with E-state index >= 15 is 0 Å². The molecular formula is C17H34N2. The maximum absolute atomic E-state index is 6.24. The molecule has 112 valence electrons. The molecule has 1 heterocycles. The Morgan fingerprint density at radius 3 is 2.37 bits per heavy atom. The minimum absolute atomic E-state index is 0.359. The summed E-state index contributed by atoms with van der Waals surface area (Å²) < 4.78 is 0. The molecule has 0 aromatic heterocycles. The maximum atomic E-state index is 6.24. The lowest BCUT2D eigenvalue weighted by molar-refractivity contribution is 0.0803. The van der Waals surface area contributed by atoms with Gasteiger partial charge in [0.05, 0.1) is 0 Å². The number of rotatable bonds is 4. The summed E-state index contributed by atoms with van der Waals surface area (Å²) in [7, 11) is 0. The molecule has 0 spiro atoms. The van der Waals surface area contributed by atoms with Crippen molar-refractivity contribution in [1.82, 2.24) is 4.90 Å². The lowest BCUT2D eigenvalue weighted by atomic mass is 9.87. The lowest BCUT2D eigenvalue weighted by Crippen LogP contribution is -2.54. The topological polar surface area (TPSA) is 29.3 Å². The second-order valence-corrected chi connectivity index (χ2v) is 6.92. The molecule has 1 unspecified atom stereocenters. The first kappa shape index (κ1) is 15.3. The highest BCUT2D eigenvalue weighted by Crippen LogP contribution is 2.34.